The predicted molar refractivity (Wildman–Crippen MR) is 144 cm³/mol. The van der Waals surface area contributed by atoms with Crippen molar-refractivity contribution in [2.45, 2.75) is 79.9 Å². The summed E-state index contributed by atoms with van der Waals surface area (Å²) < 4.78 is 35.4. The maximum Gasteiger partial charge on any atom is 0.273 e. The van der Waals surface area contributed by atoms with E-state index in [0.29, 0.717) is 5.69 Å². The fourth-order valence-corrected chi connectivity index (χ4v) is 6.72. The Morgan fingerprint density at radius 3 is 2.40 bits per heavy atom. The second-order valence-electron chi connectivity index (χ2n) is 9.14. The van der Waals surface area contributed by atoms with Gasteiger partial charge in [-0.25, -0.2) is 0 Å². The SMILES string of the molecule is CCCCc1ccc2c(c1)N(C(CCCC)CC(c1ccccn1)S(=O)(=O)O)c1ccccc1S2. The zero-order chi connectivity index (χ0) is 24.8. The minimum Gasteiger partial charge on any atom is -0.336 e. The standard InChI is InChI=1S/C28H34N2O3S2/c1-3-5-11-21-16-17-27-25(19-21)30(24-14-7-8-15-26(24)34-27)22(12-6-4-2)20-28(35(31,32)33)23-13-9-10-18-29-23/h7-10,13-19,22,28H,3-6,11-12,20H2,1-2H3,(H,31,32,33). The number of hydrogen-bond acceptors (Lipinski definition) is 5. The van der Waals surface area contributed by atoms with Crippen molar-refractivity contribution in [3.8, 4) is 0 Å². The van der Waals surface area contributed by atoms with Crippen LogP contribution in [0.3, 0.4) is 0 Å². The Balaban J connectivity index is 1.81. The highest BCUT2D eigenvalue weighted by Gasteiger charge is 2.35. The molecule has 1 N–H and O–H groups in total. The van der Waals surface area contributed by atoms with Crippen molar-refractivity contribution in [2.75, 3.05) is 4.90 Å². The average molecular weight is 511 g/mol. The lowest BCUT2D eigenvalue weighted by Crippen LogP contribution is -2.36. The largest absolute Gasteiger partial charge is 0.336 e. The molecule has 7 heteroatoms. The monoisotopic (exact) mass is 510 g/mol. The van der Waals surface area contributed by atoms with Gasteiger partial charge in [0.25, 0.3) is 10.1 Å². The number of aryl methyl sites for hydroxylation is 1. The van der Waals surface area contributed by atoms with Gasteiger partial charge in [0, 0.05) is 22.0 Å². The van der Waals surface area contributed by atoms with Gasteiger partial charge in [-0.2, -0.15) is 8.42 Å². The Morgan fingerprint density at radius 1 is 0.943 bits per heavy atom. The van der Waals surface area contributed by atoms with Crippen molar-refractivity contribution in [3.05, 3.63) is 78.1 Å². The van der Waals surface area contributed by atoms with Crippen molar-refractivity contribution < 1.29 is 13.0 Å². The van der Waals surface area contributed by atoms with Crippen LogP contribution in [0.15, 0.2) is 76.7 Å². The molecule has 0 saturated carbocycles. The van der Waals surface area contributed by atoms with Crippen molar-refractivity contribution >= 4 is 33.3 Å². The van der Waals surface area contributed by atoms with Crippen molar-refractivity contribution in [3.63, 3.8) is 0 Å². The Hall–Kier alpha value is -2.35. The summed E-state index contributed by atoms with van der Waals surface area (Å²) in [4.78, 5) is 8.95. The van der Waals surface area contributed by atoms with Gasteiger partial charge < -0.3 is 4.90 Å². The Labute approximate surface area is 213 Å². The number of pyridine rings is 1. The number of benzene rings is 2. The first-order valence-corrected chi connectivity index (χ1v) is 14.8. The molecule has 0 fully saturated rings. The summed E-state index contributed by atoms with van der Waals surface area (Å²) in [6, 6.07) is 20.1. The van der Waals surface area contributed by atoms with Crippen molar-refractivity contribution in [2.24, 2.45) is 0 Å². The topological polar surface area (TPSA) is 70.5 Å². The van der Waals surface area contributed by atoms with E-state index in [0.717, 1.165) is 54.8 Å². The highest BCUT2D eigenvalue weighted by atomic mass is 32.2. The summed E-state index contributed by atoms with van der Waals surface area (Å²) in [5.74, 6) is 0. The number of hydrogen-bond donors (Lipinski definition) is 1. The fraction of sp³-hybridized carbons (Fsp3) is 0.393. The van der Waals surface area contributed by atoms with Gasteiger partial charge >= 0.3 is 0 Å². The molecule has 186 valence electrons. The van der Waals surface area contributed by atoms with Gasteiger partial charge in [-0.15, -0.1) is 0 Å². The van der Waals surface area contributed by atoms with Gasteiger partial charge in [0.2, 0.25) is 0 Å². The van der Waals surface area contributed by atoms with E-state index in [-0.39, 0.29) is 12.5 Å². The van der Waals surface area contributed by atoms with Crippen LogP contribution < -0.4 is 4.90 Å². The summed E-state index contributed by atoms with van der Waals surface area (Å²) in [7, 11) is -4.35. The molecule has 2 heterocycles. The molecule has 0 saturated heterocycles. The summed E-state index contributed by atoms with van der Waals surface area (Å²) >= 11 is 1.76. The van der Waals surface area contributed by atoms with E-state index in [9.17, 15) is 13.0 Å². The molecule has 1 aromatic heterocycles. The molecule has 1 aliphatic heterocycles. The van der Waals surface area contributed by atoms with E-state index in [4.69, 9.17) is 0 Å². The first kappa shape index (κ1) is 25.7. The molecule has 0 amide bonds. The van der Waals surface area contributed by atoms with E-state index in [2.05, 4.69) is 54.1 Å². The Morgan fingerprint density at radius 2 is 1.69 bits per heavy atom. The third-order valence-electron chi connectivity index (χ3n) is 6.57. The molecule has 4 rings (SSSR count). The number of fused-ring (bicyclic) bond motifs is 2. The quantitative estimate of drug-likeness (QED) is 0.268. The smallest absolute Gasteiger partial charge is 0.273 e. The lowest BCUT2D eigenvalue weighted by atomic mass is 9.98. The number of unbranched alkanes of at least 4 members (excludes halogenated alkanes) is 2. The lowest BCUT2D eigenvalue weighted by Gasteiger charge is -2.40. The Bertz CT molecular complexity index is 1230. The van der Waals surface area contributed by atoms with E-state index in [1.54, 1.807) is 36.2 Å². The summed E-state index contributed by atoms with van der Waals surface area (Å²) in [5, 5.41) is -1.08. The van der Waals surface area contributed by atoms with Crippen LogP contribution in [0.5, 0.6) is 0 Å². The molecule has 5 nitrogen and oxygen atoms in total. The third-order valence-corrected chi connectivity index (χ3v) is 8.85. The average Bonchev–Trinajstić information content (AvgIpc) is 2.86. The molecule has 3 aromatic rings. The minimum atomic E-state index is -4.35. The second kappa shape index (κ2) is 11.6. The molecule has 2 atom stereocenters. The van der Waals surface area contributed by atoms with E-state index >= 15 is 0 Å². The van der Waals surface area contributed by atoms with Crippen LogP contribution >= 0.6 is 11.8 Å². The predicted octanol–water partition coefficient (Wildman–Crippen LogP) is 7.60. The number of rotatable bonds is 11. The second-order valence-corrected chi connectivity index (χ2v) is 11.8. The molecule has 0 aliphatic carbocycles. The Kier molecular flexibility index (Phi) is 8.52. The number of nitrogens with zero attached hydrogens (tertiary/aromatic N) is 2. The highest BCUT2D eigenvalue weighted by Crippen LogP contribution is 2.50. The molecule has 0 radical (unpaired) electrons. The van der Waals surface area contributed by atoms with Crippen LogP contribution in [0.4, 0.5) is 11.4 Å². The van der Waals surface area contributed by atoms with Crippen molar-refractivity contribution in [1.29, 1.82) is 0 Å². The summed E-state index contributed by atoms with van der Waals surface area (Å²) in [6.45, 7) is 4.34. The van der Waals surface area contributed by atoms with Gasteiger partial charge in [0.15, 0.2) is 0 Å². The van der Waals surface area contributed by atoms with E-state index < -0.39 is 15.4 Å². The molecule has 0 spiro atoms. The lowest BCUT2D eigenvalue weighted by molar-refractivity contribution is 0.443. The first-order valence-electron chi connectivity index (χ1n) is 12.5. The van der Waals surface area contributed by atoms with Gasteiger partial charge in [-0.3, -0.25) is 9.54 Å². The van der Waals surface area contributed by atoms with Gasteiger partial charge in [-0.1, -0.05) is 69.1 Å². The van der Waals surface area contributed by atoms with Crippen molar-refractivity contribution in [1.82, 2.24) is 4.98 Å². The fourth-order valence-electron chi connectivity index (χ4n) is 4.76. The molecule has 1 aliphatic rings. The van der Waals surface area contributed by atoms with Crippen LogP contribution in [0, 0.1) is 0 Å². The van der Waals surface area contributed by atoms with Gasteiger partial charge in [-0.05, 0) is 67.6 Å². The maximum absolute atomic E-state index is 12.6. The molecular formula is C28H34N2O3S2. The molecule has 35 heavy (non-hydrogen) atoms. The number of aromatic nitrogens is 1. The van der Waals surface area contributed by atoms with Crippen LogP contribution in [-0.4, -0.2) is 24.0 Å². The van der Waals surface area contributed by atoms with Crippen LogP contribution in [-0.2, 0) is 16.5 Å². The molecule has 2 aromatic carbocycles. The van der Waals surface area contributed by atoms with E-state index in [1.165, 1.54) is 10.5 Å². The highest BCUT2D eigenvalue weighted by molar-refractivity contribution is 7.99. The number of para-hydroxylation sites is 1. The molecule has 0 bridgehead atoms. The van der Waals surface area contributed by atoms with E-state index in [1.807, 2.05) is 12.1 Å². The molecule has 2 unspecified atom stereocenters. The van der Waals surface area contributed by atoms with Gasteiger partial charge in [0.1, 0.15) is 5.25 Å². The number of anilines is 2. The first-order chi connectivity index (χ1) is 16.9. The normalized spacial score (nSPS) is 14.8. The molecular weight excluding hydrogens is 476 g/mol. The zero-order valence-corrected chi connectivity index (χ0v) is 22.1. The van der Waals surface area contributed by atoms with Crippen LogP contribution in [0.1, 0.15) is 68.9 Å². The summed E-state index contributed by atoms with van der Waals surface area (Å²) in [6.07, 6.45) is 7.90. The van der Waals surface area contributed by atoms with Crippen LogP contribution in [0.25, 0.3) is 0 Å². The summed E-state index contributed by atoms with van der Waals surface area (Å²) in [5.41, 5.74) is 3.89. The van der Waals surface area contributed by atoms with Crippen LogP contribution in [0.2, 0.25) is 0 Å². The third kappa shape index (κ3) is 6.08. The zero-order valence-electron chi connectivity index (χ0n) is 20.4. The minimum absolute atomic E-state index is 0.119. The maximum atomic E-state index is 12.6. The van der Waals surface area contributed by atoms with Gasteiger partial charge in [0.05, 0.1) is 17.1 Å².